The Bertz CT molecular complexity index is 476. The zero-order chi connectivity index (χ0) is 14.5. The number of anilines is 1. The van der Waals surface area contributed by atoms with Crippen LogP contribution in [0.15, 0.2) is 24.3 Å². The van der Waals surface area contributed by atoms with E-state index in [0.29, 0.717) is 17.8 Å². The van der Waals surface area contributed by atoms with Crippen LogP contribution in [0, 0.1) is 0 Å². The summed E-state index contributed by atoms with van der Waals surface area (Å²) in [4.78, 5) is 23.4. The summed E-state index contributed by atoms with van der Waals surface area (Å²) in [7, 11) is 1.56. The molecule has 0 spiro atoms. The van der Waals surface area contributed by atoms with E-state index < -0.39 is 18.3 Å². The molecule has 1 aliphatic rings. The summed E-state index contributed by atoms with van der Waals surface area (Å²) in [5.74, 6) is 0.688. The van der Waals surface area contributed by atoms with Crippen molar-refractivity contribution in [3.8, 4) is 5.75 Å². The predicted octanol–water partition coefficient (Wildman–Crippen LogP) is 0.127. The van der Waals surface area contributed by atoms with Crippen molar-refractivity contribution in [3.63, 3.8) is 0 Å². The topological polar surface area (TPSA) is 88.1 Å². The second kappa shape index (κ2) is 6.25. The van der Waals surface area contributed by atoms with Gasteiger partial charge in [-0.05, 0) is 24.3 Å². The maximum absolute atomic E-state index is 11.8. The molecular formula is C13H16N2O5. The fraction of sp³-hybridized carbons (Fsp3) is 0.385. The van der Waals surface area contributed by atoms with E-state index in [-0.39, 0.29) is 13.1 Å². The molecule has 0 aromatic heterocycles. The Labute approximate surface area is 116 Å². The van der Waals surface area contributed by atoms with E-state index in [4.69, 9.17) is 9.47 Å². The second-order valence-electron chi connectivity index (χ2n) is 4.32. The van der Waals surface area contributed by atoms with Gasteiger partial charge in [-0.15, -0.1) is 0 Å². The molecule has 1 fully saturated rings. The number of ether oxygens (including phenoxy) is 2. The molecule has 20 heavy (non-hydrogen) atoms. The maximum Gasteiger partial charge on any atom is 0.414 e. The largest absolute Gasteiger partial charge is 0.497 e. The van der Waals surface area contributed by atoms with Crippen LogP contribution >= 0.6 is 0 Å². The van der Waals surface area contributed by atoms with Crippen LogP contribution in [-0.4, -0.2) is 50.0 Å². The lowest BCUT2D eigenvalue weighted by atomic mass is 10.2. The van der Waals surface area contributed by atoms with E-state index in [1.165, 1.54) is 4.90 Å². The number of nitrogens with zero attached hydrogens (tertiary/aromatic N) is 1. The van der Waals surface area contributed by atoms with Crippen molar-refractivity contribution in [1.82, 2.24) is 5.32 Å². The molecule has 2 amide bonds. The van der Waals surface area contributed by atoms with Gasteiger partial charge in [-0.1, -0.05) is 0 Å². The summed E-state index contributed by atoms with van der Waals surface area (Å²) in [6.45, 7) is 0.269. The molecule has 108 valence electrons. The molecule has 2 N–H and O–H groups in total. The van der Waals surface area contributed by atoms with Crippen molar-refractivity contribution in [1.29, 1.82) is 0 Å². The SMILES string of the molecule is COc1ccc(N2CC(C(O)CNC=O)OC2=O)cc1. The first-order valence-electron chi connectivity index (χ1n) is 6.13. The summed E-state index contributed by atoms with van der Waals surface area (Å²) in [5.41, 5.74) is 0.661. The normalized spacial score (nSPS) is 19.4. The van der Waals surface area contributed by atoms with Crippen LogP contribution in [0.3, 0.4) is 0 Å². The molecule has 1 aliphatic heterocycles. The number of nitrogens with one attached hydrogen (secondary N) is 1. The Balaban J connectivity index is 2.02. The number of aliphatic hydroxyl groups excluding tert-OH is 1. The highest BCUT2D eigenvalue weighted by molar-refractivity contribution is 5.89. The number of cyclic esters (lactones) is 1. The van der Waals surface area contributed by atoms with Crippen molar-refractivity contribution < 1.29 is 24.2 Å². The van der Waals surface area contributed by atoms with Gasteiger partial charge in [0.2, 0.25) is 6.41 Å². The molecular weight excluding hydrogens is 264 g/mol. The minimum atomic E-state index is -0.938. The van der Waals surface area contributed by atoms with Crippen molar-refractivity contribution in [2.24, 2.45) is 0 Å². The summed E-state index contributed by atoms with van der Waals surface area (Å²) in [6.07, 6.45) is -1.64. The fourth-order valence-electron chi connectivity index (χ4n) is 1.96. The number of carbonyl (C=O) groups excluding carboxylic acids is 2. The van der Waals surface area contributed by atoms with Crippen LogP contribution < -0.4 is 15.0 Å². The zero-order valence-corrected chi connectivity index (χ0v) is 11.0. The summed E-state index contributed by atoms with van der Waals surface area (Å²) < 4.78 is 10.1. The summed E-state index contributed by atoms with van der Waals surface area (Å²) in [5, 5.41) is 12.2. The van der Waals surface area contributed by atoms with E-state index in [9.17, 15) is 14.7 Å². The average Bonchev–Trinajstić information content (AvgIpc) is 2.87. The number of amides is 2. The quantitative estimate of drug-likeness (QED) is 0.723. The molecule has 7 heteroatoms. The van der Waals surface area contributed by atoms with Crippen LogP contribution in [0.1, 0.15) is 0 Å². The third-order valence-corrected chi connectivity index (χ3v) is 3.06. The minimum Gasteiger partial charge on any atom is -0.497 e. The highest BCUT2D eigenvalue weighted by atomic mass is 16.6. The average molecular weight is 280 g/mol. The standard InChI is InChI=1S/C13H16N2O5/c1-19-10-4-2-9(3-5-10)15-7-12(20-13(15)18)11(17)6-14-8-16/h2-5,8,11-12,17H,6-7H2,1H3,(H,14,16). The summed E-state index contributed by atoms with van der Waals surface area (Å²) in [6, 6.07) is 6.94. The minimum absolute atomic E-state index is 0.0396. The van der Waals surface area contributed by atoms with Crippen LogP contribution in [0.25, 0.3) is 0 Å². The predicted molar refractivity (Wildman–Crippen MR) is 70.7 cm³/mol. The van der Waals surface area contributed by atoms with E-state index >= 15 is 0 Å². The molecule has 0 radical (unpaired) electrons. The van der Waals surface area contributed by atoms with Crippen LogP contribution in [0.4, 0.5) is 10.5 Å². The van der Waals surface area contributed by atoms with Gasteiger partial charge in [0.25, 0.3) is 0 Å². The highest BCUT2D eigenvalue weighted by Crippen LogP contribution is 2.25. The molecule has 0 bridgehead atoms. The number of aliphatic hydroxyl groups is 1. The zero-order valence-electron chi connectivity index (χ0n) is 11.0. The van der Waals surface area contributed by atoms with Crippen LogP contribution in [-0.2, 0) is 9.53 Å². The lowest BCUT2D eigenvalue weighted by Gasteiger charge is -2.16. The molecule has 1 heterocycles. The molecule has 2 atom stereocenters. The first-order chi connectivity index (χ1) is 9.65. The van der Waals surface area contributed by atoms with Gasteiger partial charge < -0.3 is 19.9 Å². The van der Waals surface area contributed by atoms with Gasteiger partial charge in [0.15, 0.2) is 0 Å². The Morgan fingerprint density at radius 1 is 1.55 bits per heavy atom. The first-order valence-corrected chi connectivity index (χ1v) is 6.13. The monoisotopic (exact) mass is 280 g/mol. The number of carbonyl (C=O) groups is 2. The van der Waals surface area contributed by atoms with Crippen molar-refractivity contribution in [3.05, 3.63) is 24.3 Å². The molecule has 7 nitrogen and oxygen atoms in total. The van der Waals surface area contributed by atoms with Gasteiger partial charge in [0.05, 0.1) is 13.7 Å². The Kier molecular flexibility index (Phi) is 4.41. The third-order valence-electron chi connectivity index (χ3n) is 3.06. The van der Waals surface area contributed by atoms with Gasteiger partial charge in [-0.3, -0.25) is 9.69 Å². The van der Waals surface area contributed by atoms with Crippen molar-refractivity contribution >= 4 is 18.2 Å². The van der Waals surface area contributed by atoms with Gasteiger partial charge in [0.1, 0.15) is 18.0 Å². The summed E-state index contributed by atoms with van der Waals surface area (Å²) >= 11 is 0. The van der Waals surface area contributed by atoms with E-state index in [2.05, 4.69) is 5.32 Å². The number of benzene rings is 1. The third kappa shape index (κ3) is 3.00. The van der Waals surface area contributed by atoms with E-state index in [1.807, 2.05) is 0 Å². The van der Waals surface area contributed by atoms with Gasteiger partial charge in [-0.2, -0.15) is 0 Å². The molecule has 0 aliphatic carbocycles. The highest BCUT2D eigenvalue weighted by Gasteiger charge is 2.36. The smallest absolute Gasteiger partial charge is 0.414 e. The van der Waals surface area contributed by atoms with Crippen molar-refractivity contribution in [2.45, 2.75) is 12.2 Å². The number of rotatable bonds is 6. The lowest BCUT2D eigenvalue weighted by molar-refractivity contribution is -0.110. The Morgan fingerprint density at radius 2 is 2.25 bits per heavy atom. The van der Waals surface area contributed by atoms with Crippen LogP contribution in [0.5, 0.6) is 5.75 Å². The molecule has 2 unspecified atom stereocenters. The number of hydrogen-bond acceptors (Lipinski definition) is 5. The van der Waals surface area contributed by atoms with Crippen molar-refractivity contribution in [2.75, 3.05) is 25.1 Å². The molecule has 1 saturated heterocycles. The molecule has 0 saturated carbocycles. The van der Waals surface area contributed by atoms with Crippen LogP contribution in [0.2, 0.25) is 0 Å². The first kappa shape index (κ1) is 14.1. The lowest BCUT2D eigenvalue weighted by Crippen LogP contribution is -2.38. The molecule has 2 rings (SSSR count). The molecule has 1 aromatic rings. The second-order valence-corrected chi connectivity index (χ2v) is 4.32. The number of methoxy groups -OCH3 is 1. The molecule has 1 aromatic carbocycles. The number of hydrogen-bond donors (Lipinski definition) is 2. The van der Waals surface area contributed by atoms with E-state index in [0.717, 1.165) is 0 Å². The maximum atomic E-state index is 11.8. The van der Waals surface area contributed by atoms with E-state index in [1.54, 1.807) is 31.4 Å². The fourth-order valence-corrected chi connectivity index (χ4v) is 1.96. The Hall–Kier alpha value is -2.28. The van der Waals surface area contributed by atoms with Gasteiger partial charge in [-0.25, -0.2) is 4.79 Å². The van der Waals surface area contributed by atoms with Gasteiger partial charge >= 0.3 is 6.09 Å². The van der Waals surface area contributed by atoms with Gasteiger partial charge in [0, 0.05) is 12.2 Å². The Morgan fingerprint density at radius 3 is 2.85 bits per heavy atom.